The maximum atomic E-state index is 13.2. The van der Waals surface area contributed by atoms with Gasteiger partial charge in [-0.3, -0.25) is 14.9 Å². The van der Waals surface area contributed by atoms with Crippen LogP contribution in [0.2, 0.25) is 0 Å². The van der Waals surface area contributed by atoms with Crippen molar-refractivity contribution in [2.75, 3.05) is 28.2 Å². The molecule has 1 saturated heterocycles. The monoisotopic (exact) mass is 450 g/mol. The number of amides is 2. The molecule has 5 rings (SSSR count). The zero-order valence-corrected chi connectivity index (χ0v) is 17.4. The van der Waals surface area contributed by atoms with Crippen LogP contribution in [0, 0.1) is 6.92 Å². The van der Waals surface area contributed by atoms with Crippen LogP contribution in [0.3, 0.4) is 0 Å². The highest BCUT2D eigenvalue weighted by Crippen LogP contribution is 2.40. The van der Waals surface area contributed by atoms with Crippen LogP contribution in [0.1, 0.15) is 12.1 Å². The first kappa shape index (κ1) is 18.1. The van der Waals surface area contributed by atoms with Crippen LogP contribution in [-0.4, -0.2) is 40.1 Å². The first-order valence-electron chi connectivity index (χ1n) is 9.48. The van der Waals surface area contributed by atoms with E-state index in [0.717, 1.165) is 46.6 Å². The van der Waals surface area contributed by atoms with E-state index in [-0.39, 0.29) is 12.1 Å². The zero-order chi connectivity index (χ0) is 20.0. The van der Waals surface area contributed by atoms with E-state index in [1.165, 1.54) is 0 Å². The van der Waals surface area contributed by atoms with Gasteiger partial charge in [0, 0.05) is 41.2 Å². The van der Waals surface area contributed by atoms with Gasteiger partial charge in [0.15, 0.2) is 5.82 Å². The number of carbonyl (C=O) groups is 1. The van der Waals surface area contributed by atoms with Crippen molar-refractivity contribution in [1.29, 1.82) is 0 Å². The Morgan fingerprint density at radius 1 is 1.24 bits per heavy atom. The van der Waals surface area contributed by atoms with Gasteiger partial charge in [-0.05, 0) is 59.6 Å². The van der Waals surface area contributed by atoms with Crippen LogP contribution in [0.25, 0.3) is 11.3 Å². The summed E-state index contributed by atoms with van der Waals surface area (Å²) in [5.74, 6) is 0.700. The number of anilines is 3. The minimum atomic E-state index is -0.187. The molecule has 0 aromatic carbocycles. The average molecular weight is 451 g/mol. The highest BCUT2D eigenvalue weighted by atomic mass is 79.9. The summed E-state index contributed by atoms with van der Waals surface area (Å²) in [7, 11) is 0. The van der Waals surface area contributed by atoms with Crippen molar-refractivity contribution >= 4 is 39.2 Å². The Bertz CT molecular complexity index is 1100. The fraction of sp³-hybridized carbons (Fsp3) is 0.238. The standard InChI is InChI=1S/C21H19BrN6O/c1-13-8-14(4-6-24-13)18-2-3-19-20(26-18)28(17-5-7-27(19)12-17)21(29)25-16-9-15(22)10-23-11-16/h2-4,6,8-11,17H,5,7,12H2,1H3,(H,25,29). The SMILES string of the molecule is Cc1cc(-c2ccc3c(n2)N(C(=O)Nc2cncc(Br)c2)C2CCN3C2)ccn1. The number of pyridine rings is 3. The molecule has 3 aromatic rings. The maximum absolute atomic E-state index is 13.2. The zero-order valence-electron chi connectivity index (χ0n) is 15.8. The van der Waals surface area contributed by atoms with Gasteiger partial charge in [0.25, 0.3) is 0 Å². The van der Waals surface area contributed by atoms with Gasteiger partial charge in [0.2, 0.25) is 0 Å². The molecule has 2 aliphatic heterocycles. The Labute approximate surface area is 176 Å². The topological polar surface area (TPSA) is 74.2 Å². The molecule has 0 saturated carbocycles. The van der Waals surface area contributed by atoms with Crippen molar-refractivity contribution in [2.45, 2.75) is 19.4 Å². The number of fused-ring (bicyclic) bond motifs is 4. The third kappa shape index (κ3) is 3.33. The van der Waals surface area contributed by atoms with Crippen LogP contribution < -0.4 is 15.1 Å². The van der Waals surface area contributed by atoms with Gasteiger partial charge in [-0.25, -0.2) is 9.78 Å². The van der Waals surface area contributed by atoms with Gasteiger partial charge < -0.3 is 10.2 Å². The van der Waals surface area contributed by atoms with Gasteiger partial charge in [-0.15, -0.1) is 0 Å². The number of carbonyl (C=O) groups excluding carboxylic acids is 1. The second kappa shape index (κ2) is 7.11. The fourth-order valence-electron chi connectivity index (χ4n) is 4.00. The summed E-state index contributed by atoms with van der Waals surface area (Å²) in [6.07, 6.45) is 6.03. The number of nitrogens with one attached hydrogen (secondary N) is 1. The Morgan fingerprint density at radius 2 is 2.14 bits per heavy atom. The van der Waals surface area contributed by atoms with Gasteiger partial charge in [-0.2, -0.15) is 0 Å². The van der Waals surface area contributed by atoms with Crippen LogP contribution in [0.5, 0.6) is 0 Å². The molecule has 2 bridgehead atoms. The number of urea groups is 1. The van der Waals surface area contributed by atoms with Gasteiger partial charge in [0.05, 0.1) is 29.3 Å². The Kier molecular flexibility index (Phi) is 4.43. The quantitative estimate of drug-likeness (QED) is 0.631. The summed E-state index contributed by atoms with van der Waals surface area (Å²) in [5.41, 5.74) is 4.40. The summed E-state index contributed by atoms with van der Waals surface area (Å²) in [4.78, 5) is 30.6. The van der Waals surface area contributed by atoms with E-state index in [0.29, 0.717) is 11.5 Å². The van der Waals surface area contributed by atoms with E-state index < -0.39 is 0 Å². The molecule has 146 valence electrons. The van der Waals surface area contributed by atoms with E-state index in [4.69, 9.17) is 4.98 Å². The van der Waals surface area contributed by atoms with Gasteiger partial charge >= 0.3 is 6.03 Å². The number of hydrogen-bond acceptors (Lipinski definition) is 5. The summed E-state index contributed by atoms with van der Waals surface area (Å²) >= 11 is 3.40. The average Bonchev–Trinajstić information content (AvgIpc) is 3.12. The minimum absolute atomic E-state index is 0.101. The number of aromatic nitrogens is 3. The molecule has 0 spiro atoms. The van der Waals surface area contributed by atoms with Gasteiger partial charge in [-0.1, -0.05) is 0 Å². The van der Waals surface area contributed by atoms with Crippen molar-refractivity contribution < 1.29 is 4.79 Å². The number of halogens is 1. The Balaban J connectivity index is 1.53. The molecule has 8 heteroatoms. The summed E-state index contributed by atoms with van der Waals surface area (Å²) in [5, 5.41) is 2.97. The number of aryl methyl sites for hydroxylation is 1. The summed E-state index contributed by atoms with van der Waals surface area (Å²) < 4.78 is 0.815. The fourth-order valence-corrected chi connectivity index (χ4v) is 4.37. The highest BCUT2D eigenvalue weighted by Gasteiger charge is 2.40. The van der Waals surface area contributed by atoms with E-state index in [1.54, 1.807) is 23.5 Å². The molecular weight excluding hydrogens is 432 g/mol. The molecule has 1 unspecified atom stereocenters. The smallest absolute Gasteiger partial charge is 0.327 e. The number of nitrogens with zero attached hydrogens (tertiary/aromatic N) is 5. The third-order valence-electron chi connectivity index (χ3n) is 5.32. The highest BCUT2D eigenvalue weighted by molar-refractivity contribution is 9.10. The molecule has 29 heavy (non-hydrogen) atoms. The molecule has 0 radical (unpaired) electrons. The molecule has 2 amide bonds. The van der Waals surface area contributed by atoms with Crippen LogP contribution in [-0.2, 0) is 0 Å². The van der Waals surface area contributed by atoms with E-state index in [9.17, 15) is 4.79 Å². The largest absolute Gasteiger partial charge is 0.366 e. The van der Waals surface area contributed by atoms with E-state index in [1.807, 2.05) is 31.2 Å². The lowest BCUT2D eigenvalue weighted by molar-refractivity contribution is 0.255. The van der Waals surface area contributed by atoms with Crippen LogP contribution in [0.15, 0.2) is 53.4 Å². The number of hydrogen-bond donors (Lipinski definition) is 1. The lowest BCUT2D eigenvalue weighted by atomic mass is 10.1. The van der Waals surface area contributed by atoms with Crippen molar-refractivity contribution in [3.05, 3.63) is 59.1 Å². The number of rotatable bonds is 2. The maximum Gasteiger partial charge on any atom is 0.327 e. The summed E-state index contributed by atoms with van der Waals surface area (Å²) in [6.45, 7) is 3.71. The van der Waals surface area contributed by atoms with Crippen molar-refractivity contribution in [3.8, 4) is 11.3 Å². The minimum Gasteiger partial charge on any atom is -0.366 e. The van der Waals surface area contributed by atoms with E-state index >= 15 is 0 Å². The molecule has 3 aromatic heterocycles. The lowest BCUT2D eigenvalue weighted by Crippen LogP contribution is -2.48. The lowest BCUT2D eigenvalue weighted by Gasteiger charge is -2.36. The van der Waals surface area contributed by atoms with Crippen LogP contribution >= 0.6 is 15.9 Å². The second-order valence-electron chi connectivity index (χ2n) is 7.31. The van der Waals surface area contributed by atoms with Crippen LogP contribution in [0.4, 0.5) is 22.0 Å². The molecule has 5 heterocycles. The predicted octanol–water partition coefficient (Wildman–Crippen LogP) is 4.24. The molecule has 1 atom stereocenters. The predicted molar refractivity (Wildman–Crippen MR) is 116 cm³/mol. The summed E-state index contributed by atoms with van der Waals surface area (Å²) in [6, 6.07) is 9.77. The first-order chi connectivity index (χ1) is 14.1. The molecule has 1 N–H and O–H groups in total. The molecule has 1 fully saturated rings. The second-order valence-corrected chi connectivity index (χ2v) is 8.22. The van der Waals surface area contributed by atoms with Crippen molar-refractivity contribution in [2.24, 2.45) is 0 Å². The molecule has 2 aliphatic rings. The molecule has 0 aliphatic carbocycles. The van der Waals surface area contributed by atoms with Crippen molar-refractivity contribution in [3.63, 3.8) is 0 Å². The Hall–Kier alpha value is -3.00. The molecular formula is C21H19BrN6O. The third-order valence-corrected chi connectivity index (χ3v) is 5.75. The van der Waals surface area contributed by atoms with Crippen molar-refractivity contribution in [1.82, 2.24) is 15.0 Å². The first-order valence-corrected chi connectivity index (χ1v) is 10.3. The van der Waals surface area contributed by atoms with E-state index in [2.05, 4.69) is 42.2 Å². The van der Waals surface area contributed by atoms with Gasteiger partial charge in [0.1, 0.15) is 0 Å². The normalized spacial score (nSPS) is 17.2. The molecule has 7 nitrogen and oxygen atoms in total. The Morgan fingerprint density at radius 3 is 2.97 bits per heavy atom.